The number of hydrogen-bond acceptors (Lipinski definition) is 4. The van der Waals surface area contributed by atoms with E-state index in [1.165, 1.54) is 0 Å². The highest BCUT2D eigenvalue weighted by atomic mass is 19.3. The van der Waals surface area contributed by atoms with E-state index in [4.69, 9.17) is 14.2 Å². The van der Waals surface area contributed by atoms with Crippen LogP contribution in [0.15, 0.2) is 48.5 Å². The molecule has 0 heterocycles. The van der Waals surface area contributed by atoms with Crippen molar-refractivity contribution >= 4 is 0 Å². The zero-order chi connectivity index (χ0) is 23.0. The maximum Gasteiger partial charge on any atom is 0.194 e. The summed E-state index contributed by atoms with van der Waals surface area (Å²) in [5, 5.41) is 0. The summed E-state index contributed by atoms with van der Waals surface area (Å²) in [6, 6.07) is 11.6. The van der Waals surface area contributed by atoms with Crippen LogP contribution in [0.5, 0.6) is 23.0 Å². The first-order valence-electron chi connectivity index (χ1n) is 8.76. The van der Waals surface area contributed by atoms with Crippen LogP contribution in [-0.2, 0) is 6.67 Å². The lowest BCUT2D eigenvalue weighted by molar-refractivity contribution is -0.00711. The van der Waals surface area contributed by atoms with Crippen LogP contribution >= 0.6 is 0 Å². The van der Waals surface area contributed by atoms with Gasteiger partial charge in [0, 0.05) is 28.8 Å². The normalized spacial score (nSPS) is 10.1. The second kappa shape index (κ2) is 11.1. The van der Waals surface area contributed by atoms with Gasteiger partial charge >= 0.3 is 0 Å². The van der Waals surface area contributed by atoms with E-state index >= 15 is 0 Å². The third-order valence-corrected chi connectivity index (χ3v) is 4.16. The van der Waals surface area contributed by atoms with Crippen molar-refractivity contribution in [2.45, 2.75) is 6.67 Å². The topological polar surface area (TPSA) is 36.9 Å². The second-order valence-corrected chi connectivity index (χ2v) is 6.02. The molecule has 0 aliphatic heterocycles. The Hall–Kier alpha value is -3.49. The predicted molar refractivity (Wildman–Crippen MR) is 104 cm³/mol. The predicted octanol–water partition coefficient (Wildman–Crippen LogP) is 6.22. The minimum atomic E-state index is -1.65. The highest BCUT2D eigenvalue weighted by Gasteiger charge is 2.15. The summed E-state index contributed by atoms with van der Waals surface area (Å²) in [6.45, 7) is -0.475. The largest absolute Gasteiger partial charge is 0.496 e. The van der Waals surface area contributed by atoms with Gasteiger partial charge in [-0.25, -0.2) is 17.6 Å². The van der Waals surface area contributed by atoms with Crippen molar-refractivity contribution in [3.63, 3.8) is 0 Å². The fraction of sp³-hybridized carbons (Fsp3) is 0.182. The van der Waals surface area contributed by atoms with Crippen molar-refractivity contribution in [1.29, 1.82) is 0 Å². The molecular formula is C22H19F5O4. The highest BCUT2D eigenvalue weighted by molar-refractivity contribution is 5.78. The van der Waals surface area contributed by atoms with Gasteiger partial charge in [0.25, 0.3) is 0 Å². The van der Waals surface area contributed by atoms with Gasteiger partial charge in [-0.1, -0.05) is 24.3 Å². The van der Waals surface area contributed by atoms with Crippen molar-refractivity contribution in [3.8, 4) is 34.1 Å². The zero-order valence-corrected chi connectivity index (χ0v) is 16.8. The molecular weight excluding hydrogens is 423 g/mol. The van der Waals surface area contributed by atoms with E-state index in [0.29, 0.717) is 34.9 Å². The number of ether oxygens (including phenoxy) is 3. The molecule has 0 unspecified atom stereocenters. The molecule has 0 amide bonds. The molecule has 9 heteroatoms. The first-order valence-corrected chi connectivity index (χ1v) is 8.76. The van der Waals surface area contributed by atoms with E-state index in [9.17, 15) is 22.1 Å². The molecule has 0 aliphatic rings. The standard InChI is InChI=1S/C16H17FO3.C6H2F4O/c1-18-13-8-14(19-2)16(15(9-13)20-3)12-6-4-11(10-17)5-7-12;7-4-1-3(11-10)2-5(8)6(4)9/h4-9H,10H2,1-3H3;1-2H. The molecule has 3 rings (SSSR count). The van der Waals surface area contributed by atoms with Gasteiger partial charge in [0.15, 0.2) is 23.2 Å². The lowest BCUT2D eigenvalue weighted by Gasteiger charge is -2.15. The van der Waals surface area contributed by atoms with Crippen LogP contribution in [0.3, 0.4) is 0 Å². The van der Waals surface area contributed by atoms with Gasteiger partial charge in [-0.3, -0.25) is 4.94 Å². The minimum absolute atomic E-state index is 0.401. The molecule has 0 spiro atoms. The molecule has 4 nitrogen and oxygen atoms in total. The van der Waals surface area contributed by atoms with Gasteiger partial charge in [-0.05, 0) is 11.1 Å². The SMILES string of the molecule is COc1cc(OC)c(-c2ccc(CF)cc2)c(OC)c1.FOc1cc(F)c(F)c(F)c1. The quantitative estimate of drug-likeness (QED) is 0.336. The summed E-state index contributed by atoms with van der Waals surface area (Å²) in [7, 11) is 4.77. The van der Waals surface area contributed by atoms with Crippen LogP contribution in [0.1, 0.15) is 5.56 Å². The summed E-state index contributed by atoms with van der Waals surface area (Å²) in [5.41, 5.74) is 2.36. The van der Waals surface area contributed by atoms with Crippen LogP contribution in [0, 0.1) is 17.5 Å². The monoisotopic (exact) mass is 442 g/mol. The first kappa shape index (κ1) is 23.8. The number of alkyl halides is 1. The van der Waals surface area contributed by atoms with Gasteiger partial charge in [0.1, 0.15) is 23.9 Å². The Labute approximate surface area is 175 Å². The van der Waals surface area contributed by atoms with Gasteiger partial charge in [0.05, 0.1) is 26.9 Å². The van der Waals surface area contributed by atoms with E-state index in [1.54, 1.807) is 45.6 Å². The number of methoxy groups -OCH3 is 3. The molecule has 0 fully saturated rings. The van der Waals surface area contributed by atoms with Gasteiger partial charge in [-0.2, -0.15) is 0 Å². The minimum Gasteiger partial charge on any atom is -0.496 e. The zero-order valence-electron chi connectivity index (χ0n) is 16.8. The molecule has 0 aromatic heterocycles. The summed E-state index contributed by atoms with van der Waals surface area (Å²) in [4.78, 5) is 2.98. The van der Waals surface area contributed by atoms with E-state index < -0.39 is 29.9 Å². The fourth-order valence-electron chi connectivity index (χ4n) is 2.63. The van der Waals surface area contributed by atoms with Crippen LogP contribution in [0.25, 0.3) is 11.1 Å². The molecule has 166 valence electrons. The summed E-state index contributed by atoms with van der Waals surface area (Å²) in [5.74, 6) is -3.38. The third kappa shape index (κ3) is 5.78. The fourth-order valence-corrected chi connectivity index (χ4v) is 2.63. The van der Waals surface area contributed by atoms with Gasteiger partial charge in [-0.15, -0.1) is 0 Å². The van der Waals surface area contributed by atoms with Crippen molar-refractivity contribution < 1.29 is 41.2 Å². The smallest absolute Gasteiger partial charge is 0.194 e. The average Bonchev–Trinajstić information content (AvgIpc) is 2.81. The number of benzene rings is 3. The van der Waals surface area contributed by atoms with Gasteiger partial charge < -0.3 is 14.2 Å². The Balaban J connectivity index is 0.000000262. The number of hydrogen-bond donors (Lipinski definition) is 0. The summed E-state index contributed by atoms with van der Waals surface area (Å²) >= 11 is 0. The third-order valence-electron chi connectivity index (χ3n) is 4.16. The van der Waals surface area contributed by atoms with E-state index in [2.05, 4.69) is 4.94 Å². The number of rotatable bonds is 6. The van der Waals surface area contributed by atoms with Crippen LogP contribution in [0.2, 0.25) is 0 Å². The molecule has 0 N–H and O–H groups in total. The molecule has 0 saturated heterocycles. The summed E-state index contributed by atoms with van der Waals surface area (Å²) in [6.07, 6.45) is 0. The van der Waals surface area contributed by atoms with Crippen molar-refractivity contribution in [2.75, 3.05) is 21.3 Å². The Morgan fingerprint density at radius 3 is 1.61 bits per heavy atom. The van der Waals surface area contributed by atoms with E-state index in [1.807, 2.05) is 12.1 Å². The Morgan fingerprint density at radius 1 is 0.710 bits per heavy atom. The molecule has 0 aliphatic carbocycles. The second-order valence-electron chi connectivity index (χ2n) is 6.02. The number of halogens is 5. The highest BCUT2D eigenvalue weighted by Crippen LogP contribution is 2.41. The molecule has 31 heavy (non-hydrogen) atoms. The van der Waals surface area contributed by atoms with Crippen LogP contribution < -0.4 is 19.2 Å². The van der Waals surface area contributed by atoms with Crippen molar-refractivity contribution in [3.05, 3.63) is 71.5 Å². The van der Waals surface area contributed by atoms with E-state index in [0.717, 1.165) is 11.1 Å². The first-order chi connectivity index (χ1) is 14.9. The lowest BCUT2D eigenvalue weighted by atomic mass is 10.0. The Bertz CT molecular complexity index is 961. The lowest BCUT2D eigenvalue weighted by Crippen LogP contribution is -1.95. The maximum absolute atomic E-state index is 12.6. The molecule has 3 aromatic carbocycles. The molecule has 0 bridgehead atoms. The molecule has 3 aromatic rings. The van der Waals surface area contributed by atoms with Gasteiger partial charge in [0.2, 0.25) is 0 Å². The summed E-state index contributed by atoms with van der Waals surface area (Å²) < 4.78 is 76.3. The Kier molecular flexibility index (Phi) is 8.48. The average molecular weight is 442 g/mol. The molecule has 0 atom stereocenters. The maximum atomic E-state index is 12.6. The van der Waals surface area contributed by atoms with Crippen LogP contribution in [0.4, 0.5) is 22.1 Å². The van der Waals surface area contributed by atoms with Crippen LogP contribution in [-0.4, -0.2) is 21.3 Å². The van der Waals surface area contributed by atoms with Crippen molar-refractivity contribution in [1.82, 2.24) is 0 Å². The van der Waals surface area contributed by atoms with E-state index in [-0.39, 0.29) is 0 Å². The molecule has 0 radical (unpaired) electrons. The van der Waals surface area contributed by atoms with Crippen molar-refractivity contribution in [2.24, 2.45) is 0 Å². The Morgan fingerprint density at radius 2 is 1.23 bits per heavy atom. The molecule has 0 saturated carbocycles.